The van der Waals surface area contributed by atoms with Gasteiger partial charge in [0, 0.05) is 0 Å². The van der Waals surface area contributed by atoms with Crippen molar-refractivity contribution in [3.8, 4) is 0 Å². The van der Waals surface area contributed by atoms with Crippen LogP contribution in [-0.4, -0.2) is 8.42 Å². The first kappa shape index (κ1) is 10.7. The fourth-order valence-corrected chi connectivity index (χ4v) is 1.59. The first-order valence-electron chi connectivity index (χ1n) is 4.20. The molecule has 0 fully saturated rings. The molecule has 0 aliphatic carbocycles. The van der Waals surface area contributed by atoms with E-state index in [-0.39, 0.29) is 6.04 Å². The molecule has 0 spiro atoms. The van der Waals surface area contributed by atoms with Crippen LogP contribution in [0.3, 0.4) is 0 Å². The normalized spacial score (nSPS) is 11.7. The Hall–Kier alpha value is -1.42. The van der Waals surface area contributed by atoms with Gasteiger partial charge in [-0.25, -0.2) is 0 Å². The minimum Gasteiger partial charge on any atom is -0.164 e. The highest BCUT2D eigenvalue weighted by molar-refractivity contribution is 7.61. The molecule has 0 heterocycles. The van der Waals surface area contributed by atoms with Crippen LogP contribution in [0.4, 0.5) is 0 Å². The van der Waals surface area contributed by atoms with Crippen molar-refractivity contribution in [2.45, 2.75) is 12.5 Å². The van der Waals surface area contributed by atoms with Crippen LogP contribution >= 0.6 is 0 Å². The summed E-state index contributed by atoms with van der Waals surface area (Å²) in [6, 6.07) is 8.95. The Labute approximate surface area is 84.8 Å². The van der Waals surface area contributed by atoms with Gasteiger partial charge in [-0.15, -0.1) is 6.58 Å². The molecule has 0 aromatic heterocycles. The van der Waals surface area contributed by atoms with E-state index >= 15 is 0 Å². The molecule has 74 valence electrons. The molecule has 0 radical (unpaired) electrons. The molecule has 0 saturated heterocycles. The monoisotopic (exact) mass is 209 g/mol. The summed E-state index contributed by atoms with van der Waals surface area (Å²) in [5.41, 5.74) is 0.886. The van der Waals surface area contributed by atoms with Crippen LogP contribution in [0.2, 0.25) is 0 Å². The lowest BCUT2D eigenvalue weighted by Crippen LogP contribution is -1.92. The van der Waals surface area contributed by atoms with Crippen molar-refractivity contribution in [3.63, 3.8) is 0 Å². The number of rotatable bonds is 4. The molecule has 1 atom stereocenters. The number of benzene rings is 1. The molecule has 1 aromatic rings. The van der Waals surface area contributed by atoms with Crippen molar-refractivity contribution < 1.29 is 8.42 Å². The Kier molecular flexibility index (Phi) is 4.07. The maximum absolute atomic E-state index is 10.5. The molecule has 14 heavy (non-hydrogen) atoms. The Balaban J connectivity index is 3.00. The quantitative estimate of drug-likeness (QED) is 0.715. The summed E-state index contributed by atoms with van der Waals surface area (Å²) in [6.07, 6.45) is 2.19. The highest BCUT2D eigenvalue weighted by Crippen LogP contribution is 2.20. The summed E-state index contributed by atoms with van der Waals surface area (Å²) in [5.74, 6) is 0. The number of hydrogen-bond acceptors (Lipinski definition) is 3. The van der Waals surface area contributed by atoms with Crippen molar-refractivity contribution in [3.05, 3.63) is 48.6 Å². The maximum atomic E-state index is 10.5. The highest BCUT2D eigenvalue weighted by Gasteiger charge is 2.07. The van der Waals surface area contributed by atoms with Crippen molar-refractivity contribution in [2.75, 3.05) is 0 Å². The maximum Gasteiger partial charge on any atom is 0.311 e. The Bertz CT molecular complexity index is 415. The zero-order chi connectivity index (χ0) is 10.4. The molecule has 0 amide bonds. The lowest BCUT2D eigenvalue weighted by molar-refractivity contribution is 0.613. The Morgan fingerprint density at radius 3 is 2.50 bits per heavy atom. The summed E-state index contributed by atoms with van der Waals surface area (Å²) < 4.78 is 24.5. The first-order valence-corrected chi connectivity index (χ1v) is 5.23. The summed E-state index contributed by atoms with van der Waals surface area (Å²) >= 11 is 0. The fourth-order valence-electron chi connectivity index (χ4n) is 1.18. The predicted molar refractivity (Wildman–Crippen MR) is 55.3 cm³/mol. The SMILES string of the molecule is C=CCC(N=S(=O)=O)c1ccccc1. The van der Waals surface area contributed by atoms with Gasteiger partial charge in [0.05, 0.1) is 6.04 Å². The summed E-state index contributed by atoms with van der Waals surface area (Å²) in [6.45, 7) is 3.57. The molecular formula is C10H11NO2S. The van der Waals surface area contributed by atoms with Gasteiger partial charge >= 0.3 is 10.5 Å². The average molecular weight is 209 g/mol. The third kappa shape index (κ3) is 3.14. The van der Waals surface area contributed by atoms with E-state index in [0.29, 0.717) is 6.42 Å². The smallest absolute Gasteiger partial charge is 0.164 e. The fraction of sp³-hybridized carbons (Fsp3) is 0.200. The third-order valence-electron chi connectivity index (χ3n) is 1.79. The van der Waals surface area contributed by atoms with E-state index in [4.69, 9.17) is 0 Å². The van der Waals surface area contributed by atoms with Crippen LogP contribution in [0.1, 0.15) is 18.0 Å². The van der Waals surface area contributed by atoms with Crippen LogP contribution in [0, 0.1) is 0 Å². The van der Waals surface area contributed by atoms with Crippen LogP contribution in [0.15, 0.2) is 47.3 Å². The molecular weight excluding hydrogens is 198 g/mol. The molecule has 0 saturated carbocycles. The van der Waals surface area contributed by atoms with Gasteiger partial charge in [0.25, 0.3) is 0 Å². The van der Waals surface area contributed by atoms with Crippen molar-refractivity contribution >= 4 is 10.5 Å². The van der Waals surface area contributed by atoms with Crippen LogP contribution in [0.5, 0.6) is 0 Å². The lowest BCUT2D eigenvalue weighted by atomic mass is 10.1. The average Bonchev–Trinajstić information content (AvgIpc) is 2.18. The molecule has 4 heteroatoms. The molecule has 1 rings (SSSR count). The summed E-state index contributed by atoms with van der Waals surface area (Å²) in [5, 5.41) is 0. The second-order valence-electron chi connectivity index (χ2n) is 2.77. The molecule has 0 aliphatic heterocycles. The van der Waals surface area contributed by atoms with Crippen molar-refractivity contribution in [1.29, 1.82) is 0 Å². The van der Waals surface area contributed by atoms with Gasteiger partial charge in [-0.3, -0.25) is 0 Å². The predicted octanol–water partition coefficient (Wildman–Crippen LogP) is 2.37. The molecule has 1 aromatic carbocycles. The van der Waals surface area contributed by atoms with E-state index in [2.05, 4.69) is 10.9 Å². The Morgan fingerprint density at radius 1 is 1.36 bits per heavy atom. The van der Waals surface area contributed by atoms with Gasteiger partial charge in [-0.05, 0) is 12.0 Å². The molecule has 0 N–H and O–H groups in total. The summed E-state index contributed by atoms with van der Waals surface area (Å²) in [7, 11) is -2.37. The lowest BCUT2D eigenvalue weighted by Gasteiger charge is -2.06. The first-order chi connectivity index (χ1) is 6.74. The second-order valence-corrected chi connectivity index (χ2v) is 3.42. The van der Waals surface area contributed by atoms with Crippen LogP contribution in [0.25, 0.3) is 0 Å². The van der Waals surface area contributed by atoms with Crippen LogP contribution < -0.4 is 0 Å². The zero-order valence-electron chi connectivity index (χ0n) is 7.63. The van der Waals surface area contributed by atoms with Crippen molar-refractivity contribution in [1.82, 2.24) is 0 Å². The van der Waals surface area contributed by atoms with Gasteiger partial charge in [-0.1, -0.05) is 36.4 Å². The highest BCUT2D eigenvalue weighted by atomic mass is 32.2. The zero-order valence-corrected chi connectivity index (χ0v) is 8.44. The second kappa shape index (κ2) is 5.34. The molecule has 0 bridgehead atoms. The number of hydrogen-bond donors (Lipinski definition) is 0. The van der Waals surface area contributed by atoms with Gasteiger partial charge in [0.1, 0.15) is 0 Å². The van der Waals surface area contributed by atoms with E-state index in [9.17, 15) is 8.42 Å². The van der Waals surface area contributed by atoms with E-state index in [0.717, 1.165) is 5.56 Å². The topological polar surface area (TPSA) is 46.5 Å². The Morgan fingerprint density at radius 2 is 2.00 bits per heavy atom. The van der Waals surface area contributed by atoms with E-state index in [1.165, 1.54) is 0 Å². The van der Waals surface area contributed by atoms with E-state index in [1.807, 2.05) is 30.3 Å². The largest absolute Gasteiger partial charge is 0.311 e. The minimum absolute atomic E-state index is 0.341. The van der Waals surface area contributed by atoms with Gasteiger partial charge in [0.2, 0.25) is 0 Å². The van der Waals surface area contributed by atoms with Crippen LogP contribution in [-0.2, 0) is 10.5 Å². The van der Waals surface area contributed by atoms with Crippen molar-refractivity contribution in [2.24, 2.45) is 4.36 Å². The number of nitrogens with zero attached hydrogens (tertiary/aromatic N) is 1. The van der Waals surface area contributed by atoms with Gasteiger partial charge in [-0.2, -0.15) is 12.8 Å². The van der Waals surface area contributed by atoms with Gasteiger partial charge in [0.15, 0.2) is 0 Å². The summed E-state index contributed by atoms with van der Waals surface area (Å²) in [4.78, 5) is 0. The molecule has 3 nitrogen and oxygen atoms in total. The standard InChI is InChI=1S/C10H11NO2S/c1-2-6-10(11-14(12)13)9-7-4-3-5-8-9/h2-5,7-8,10H,1,6H2. The molecule has 0 aliphatic rings. The van der Waals surface area contributed by atoms with E-state index < -0.39 is 10.5 Å². The third-order valence-corrected chi connectivity index (χ3v) is 2.21. The minimum atomic E-state index is -2.37. The molecule has 1 unspecified atom stereocenters. The van der Waals surface area contributed by atoms with E-state index in [1.54, 1.807) is 6.08 Å². The van der Waals surface area contributed by atoms with Gasteiger partial charge < -0.3 is 0 Å².